The molecule has 9 heteroatoms. The normalized spacial score (nSPS) is 26.6. The van der Waals surface area contributed by atoms with E-state index >= 15 is 0 Å². The molecule has 8 nitrogen and oxygen atoms in total. The van der Waals surface area contributed by atoms with Crippen LogP contribution in [0.5, 0.6) is 0 Å². The molecule has 27 heavy (non-hydrogen) atoms. The molecule has 2 aliphatic heterocycles. The van der Waals surface area contributed by atoms with Gasteiger partial charge in [-0.25, -0.2) is 4.79 Å². The molecule has 0 radical (unpaired) electrons. The zero-order valence-corrected chi connectivity index (χ0v) is 15.9. The summed E-state index contributed by atoms with van der Waals surface area (Å²) in [6.45, 7) is 4.85. The first-order valence-corrected chi connectivity index (χ1v) is 9.36. The van der Waals surface area contributed by atoms with Gasteiger partial charge in [0.05, 0.1) is 0 Å². The number of rotatable bonds is 5. The van der Waals surface area contributed by atoms with Crippen molar-refractivity contribution in [1.82, 2.24) is 15.5 Å². The third-order valence-corrected chi connectivity index (χ3v) is 6.29. The van der Waals surface area contributed by atoms with Crippen LogP contribution in [0, 0.1) is 0 Å². The van der Waals surface area contributed by atoms with Crippen LogP contribution in [0.15, 0.2) is 30.3 Å². The number of carbonyl (C=O) groups excluding carboxylic acids is 3. The average molecular weight is 391 g/mol. The van der Waals surface area contributed by atoms with E-state index in [0.717, 1.165) is 0 Å². The molecule has 0 bridgehead atoms. The molecule has 2 heterocycles. The highest BCUT2D eigenvalue weighted by Crippen LogP contribution is 2.50. The minimum Gasteiger partial charge on any atom is -0.480 e. The van der Waals surface area contributed by atoms with E-state index < -0.39 is 46.0 Å². The molecule has 1 aromatic rings. The lowest BCUT2D eigenvalue weighted by Crippen LogP contribution is -2.71. The first-order chi connectivity index (χ1) is 12.6. The van der Waals surface area contributed by atoms with Gasteiger partial charge in [0.15, 0.2) is 0 Å². The maximum absolute atomic E-state index is 12.8. The number of nitrogens with zero attached hydrogens (tertiary/aromatic N) is 1. The Morgan fingerprint density at radius 3 is 2.41 bits per heavy atom. The largest absolute Gasteiger partial charge is 0.480 e. The molecule has 0 unspecified atom stereocenters. The van der Waals surface area contributed by atoms with Crippen molar-refractivity contribution >= 4 is 35.5 Å². The van der Waals surface area contributed by atoms with Crippen LogP contribution in [0.25, 0.3) is 0 Å². The Morgan fingerprint density at radius 2 is 1.85 bits per heavy atom. The summed E-state index contributed by atoms with van der Waals surface area (Å²) in [6, 6.07) is 6.04. The summed E-state index contributed by atoms with van der Waals surface area (Å²) in [6.07, 6.45) is 0. The molecule has 4 atom stereocenters. The van der Waals surface area contributed by atoms with Gasteiger partial charge in [-0.1, -0.05) is 30.3 Å². The van der Waals surface area contributed by atoms with Crippen molar-refractivity contribution < 1.29 is 24.3 Å². The van der Waals surface area contributed by atoms with Crippen molar-refractivity contribution in [3.8, 4) is 0 Å². The van der Waals surface area contributed by atoms with Crippen molar-refractivity contribution in [2.45, 2.75) is 49.0 Å². The van der Waals surface area contributed by atoms with Gasteiger partial charge in [0.25, 0.3) is 0 Å². The van der Waals surface area contributed by atoms with E-state index in [1.54, 1.807) is 44.2 Å². The van der Waals surface area contributed by atoms with Gasteiger partial charge in [-0.3, -0.25) is 14.4 Å². The molecule has 3 amide bonds. The summed E-state index contributed by atoms with van der Waals surface area (Å²) in [5.41, 5.74) is 0.594. The van der Waals surface area contributed by atoms with E-state index in [1.165, 1.54) is 23.6 Å². The Kier molecular flexibility index (Phi) is 4.90. The van der Waals surface area contributed by atoms with Gasteiger partial charge >= 0.3 is 5.97 Å². The van der Waals surface area contributed by atoms with Crippen LogP contribution in [0.3, 0.4) is 0 Å². The fraction of sp³-hybridized carbons (Fsp3) is 0.444. The molecule has 1 aromatic carbocycles. The van der Waals surface area contributed by atoms with Gasteiger partial charge in [-0.15, -0.1) is 11.8 Å². The van der Waals surface area contributed by atoms with Gasteiger partial charge in [-0.05, 0) is 19.4 Å². The second-order valence-corrected chi connectivity index (χ2v) is 8.90. The number of thioether (sulfide) groups is 1. The maximum atomic E-state index is 12.8. The van der Waals surface area contributed by atoms with Crippen molar-refractivity contribution in [1.29, 1.82) is 0 Å². The van der Waals surface area contributed by atoms with Crippen molar-refractivity contribution in [3.05, 3.63) is 35.9 Å². The van der Waals surface area contributed by atoms with Crippen LogP contribution in [-0.4, -0.2) is 55.9 Å². The van der Waals surface area contributed by atoms with Gasteiger partial charge < -0.3 is 20.6 Å². The Balaban J connectivity index is 1.77. The van der Waals surface area contributed by atoms with Crippen LogP contribution in [-0.2, 0) is 19.2 Å². The molecule has 2 fully saturated rings. The number of amides is 3. The van der Waals surface area contributed by atoms with E-state index in [4.69, 9.17) is 0 Å². The molecular weight excluding hydrogens is 370 g/mol. The van der Waals surface area contributed by atoms with Gasteiger partial charge in [0.2, 0.25) is 17.7 Å². The Bertz CT molecular complexity index is 797. The van der Waals surface area contributed by atoms with Crippen molar-refractivity contribution in [3.63, 3.8) is 0 Å². The maximum Gasteiger partial charge on any atom is 0.327 e. The lowest BCUT2D eigenvalue weighted by atomic mass is 9.95. The van der Waals surface area contributed by atoms with E-state index in [9.17, 15) is 24.3 Å². The minimum atomic E-state index is -1.06. The molecule has 0 aliphatic carbocycles. The number of aliphatic carboxylic acids is 1. The van der Waals surface area contributed by atoms with Crippen LogP contribution in [0.2, 0.25) is 0 Å². The number of benzene rings is 1. The summed E-state index contributed by atoms with van der Waals surface area (Å²) >= 11 is 1.35. The molecule has 144 valence electrons. The molecule has 3 N–H and O–H groups in total. The van der Waals surface area contributed by atoms with Gasteiger partial charge in [0, 0.05) is 11.7 Å². The third-order valence-electron chi connectivity index (χ3n) is 4.72. The monoisotopic (exact) mass is 391 g/mol. The molecule has 0 saturated carbocycles. The Labute approximate surface area is 160 Å². The molecule has 0 spiro atoms. The fourth-order valence-corrected chi connectivity index (χ4v) is 5.16. The summed E-state index contributed by atoms with van der Waals surface area (Å²) in [7, 11) is 0. The van der Waals surface area contributed by atoms with Gasteiger partial charge in [-0.2, -0.15) is 0 Å². The zero-order chi connectivity index (χ0) is 19.9. The third kappa shape index (κ3) is 3.39. The van der Waals surface area contributed by atoms with Crippen LogP contribution >= 0.6 is 11.8 Å². The van der Waals surface area contributed by atoms with Crippen molar-refractivity contribution in [2.24, 2.45) is 0 Å². The first-order valence-electron chi connectivity index (χ1n) is 8.48. The topological polar surface area (TPSA) is 116 Å². The SMILES string of the molecule is CC(=O)N[C@@H](C(=O)N[C@@H]1C(=O)N2[C@@H]1SC(C)(C)[C@@H]2C(=O)O)c1ccccc1. The number of β-lactam (4-membered cyclic amide) rings is 1. The predicted octanol–water partition coefficient (Wildman–Crippen LogP) is 0.496. The quantitative estimate of drug-likeness (QED) is 0.630. The molecular formula is C18H21N3O5S. The van der Waals surface area contributed by atoms with Crippen molar-refractivity contribution in [2.75, 3.05) is 0 Å². The molecule has 3 rings (SSSR count). The lowest BCUT2D eigenvalue weighted by molar-refractivity contribution is -0.161. The number of carboxylic acids is 1. The fourth-order valence-electron chi connectivity index (χ4n) is 3.53. The standard InChI is InChI=1S/C18H21N3O5S/c1-9(22)19-11(10-7-5-4-6-8-10)14(23)20-12-15(24)21-13(17(25)26)18(2,3)27-16(12)21/h4-8,11-13,16H,1-3H3,(H,19,22)(H,20,23)(H,25,26)/t11-,12-,13+,16-/m1/s1. The number of carbonyl (C=O) groups is 4. The van der Waals surface area contributed by atoms with E-state index in [-0.39, 0.29) is 5.91 Å². The smallest absolute Gasteiger partial charge is 0.327 e. The summed E-state index contributed by atoms with van der Waals surface area (Å²) < 4.78 is -0.665. The highest BCUT2D eigenvalue weighted by atomic mass is 32.2. The lowest BCUT2D eigenvalue weighted by Gasteiger charge is -2.44. The Morgan fingerprint density at radius 1 is 1.22 bits per heavy atom. The number of hydrogen-bond donors (Lipinski definition) is 3. The highest BCUT2D eigenvalue weighted by Gasteiger charge is 2.64. The molecule has 0 aromatic heterocycles. The number of hydrogen-bond acceptors (Lipinski definition) is 5. The van der Waals surface area contributed by atoms with Crippen LogP contribution in [0.4, 0.5) is 0 Å². The first kappa shape index (κ1) is 19.2. The minimum absolute atomic E-state index is 0.372. The van der Waals surface area contributed by atoms with Crippen LogP contribution < -0.4 is 10.6 Å². The zero-order valence-electron chi connectivity index (χ0n) is 15.1. The second kappa shape index (κ2) is 6.88. The average Bonchev–Trinajstić information content (AvgIpc) is 2.86. The predicted molar refractivity (Wildman–Crippen MR) is 98.7 cm³/mol. The number of fused-ring (bicyclic) bond motifs is 1. The van der Waals surface area contributed by atoms with E-state index in [1.807, 2.05) is 0 Å². The molecule has 2 saturated heterocycles. The van der Waals surface area contributed by atoms with E-state index in [2.05, 4.69) is 10.6 Å². The van der Waals surface area contributed by atoms with Gasteiger partial charge in [0.1, 0.15) is 23.5 Å². The number of nitrogens with one attached hydrogen (secondary N) is 2. The number of carboxylic acid groups (broad SMARTS) is 1. The highest BCUT2D eigenvalue weighted by molar-refractivity contribution is 8.01. The van der Waals surface area contributed by atoms with E-state index in [0.29, 0.717) is 5.56 Å². The second-order valence-electron chi connectivity index (χ2n) is 7.13. The van der Waals surface area contributed by atoms with Crippen LogP contribution in [0.1, 0.15) is 32.4 Å². The summed E-state index contributed by atoms with van der Waals surface area (Å²) in [4.78, 5) is 49.7. The summed E-state index contributed by atoms with van der Waals surface area (Å²) in [5.74, 6) is -2.36. The molecule has 2 aliphatic rings. The summed E-state index contributed by atoms with van der Waals surface area (Å²) in [5, 5.41) is 14.3. The Hall–Kier alpha value is -2.55.